The predicted octanol–water partition coefficient (Wildman–Crippen LogP) is 2.73. The van der Waals surface area contributed by atoms with E-state index in [1.165, 1.54) is 0 Å². The summed E-state index contributed by atoms with van der Waals surface area (Å²) < 4.78 is 5.44. The molecule has 0 aromatic carbocycles. The van der Waals surface area contributed by atoms with Crippen LogP contribution in [0.15, 0.2) is 0 Å². The molecule has 0 amide bonds. The monoisotopic (exact) mass is 270 g/mol. The summed E-state index contributed by atoms with van der Waals surface area (Å²) in [5, 5.41) is 19.0. The van der Waals surface area contributed by atoms with Crippen molar-refractivity contribution in [3.8, 4) is 0 Å². The molecule has 19 heavy (non-hydrogen) atoms. The average molecular weight is 270 g/mol. The maximum Gasteiger partial charge on any atom is 0.309 e. The molecule has 2 aliphatic rings. The molecule has 0 radical (unpaired) electrons. The van der Waals surface area contributed by atoms with Gasteiger partial charge in [0.05, 0.1) is 17.1 Å². The number of carboxylic acid groups (broad SMARTS) is 1. The first-order valence-corrected chi connectivity index (χ1v) is 7.49. The van der Waals surface area contributed by atoms with Crippen LogP contribution in [0.2, 0.25) is 0 Å². The molecule has 1 atom stereocenters. The molecule has 2 aliphatic carbocycles. The number of carbonyl (C=O) groups is 1. The van der Waals surface area contributed by atoms with Crippen LogP contribution in [0, 0.1) is 5.41 Å². The number of hydrogen-bond acceptors (Lipinski definition) is 3. The molecule has 0 saturated heterocycles. The summed E-state index contributed by atoms with van der Waals surface area (Å²) in [4.78, 5) is 11.0. The zero-order chi connectivity index (χ0) is 13.9. The highest BCUT2D eigenvalue weighted by atomic mass is 16.5. The van der Waals surface area contributed by atoms with E-state index in [-0.39, 0.29) is 11.7 Å². The van der Waals surface area contributed by atoms with Gasteiger partial charge in [-0.2, -0.15) is 0 Å². The molecule has 0 spiro atoms. The van der Waals surface area contributed by atoms with Crippen molar-refractivity contribution in [2.24, 2.45) is 5.41 Å². The molecular formula is C15H26O4. The standard InChI is InChI=1S/C15H26O4/c1-19-15(10-11-15)7-3-5-12(16)4-2-6-14(8-9-14)13(17)18/h12,16H,2-11H2,1H3,(H,17,18). The van der Waals surface area contributed by atoms with Gasteiger partial charge in [-0.25, -0.2) is 0 Å². The number of aliphatic hydroxyl groups is 1. The van der Waals surface area contributed by atoms with E-state index >= 15 is 0 Å². The molecule has 2 saturated carbocycles. The summed E-state index contributed by atoms with van der Waals surface area (Å²) >= 11 is 0. The molecule has 0 aliphatic heterocycles. The van der Waals surface area contributed by atoms with Crippen LogP contribution in [0.5, 0.6) is 0 Å². The second-order valence-corrected chi connectivity index (χ2v) is 6.41. The smallest absolute Gasteiger partial charge is 0.309 e. The number of rotatable bonds is 10. The fraction of sp³-hybridized carbons (Fsp3) is 0.933. The number of carboxylic acids is 1. The summed E-state index contributed by atoms with van der Waals surface area (Å²) in [6.45, 7) is 0. The van der Waals surface area contributed by atoms with Gasteiger partial charge in [0.15, 0.2) is 0 Å². The molecule has 2 fully saturated rings. The molecule has 0 aromatic heterocycles. The Morgan fingerprint density at radius 2 is 1.74 bits per heavy atom. The van der Waals surface area contributed by atoms with Crippen LogP contribution in [0.4, 0.5) is 0 Å². The van der Waals surface area contributed by atoms with Crippen LogP contribution in [0.1, 0.15) is 64.2 Å². The summed E-state index contributed by atoms with van der Waals surface area (Å²) in [5.74, 6) is -0.655. The minimum atomic E-state index is -0.655. The Balaban J connectivity index is 1.53. The minimum absolute atomic E-state index is 0.126. The highest BCUT2D eigenvalue weighted by Gasteiger charge is 2.49. The largest absolute Gasteiger partial charge is 0.481 e. The maximum absolute atomic E-state index is 11.0. The van der Waals surface area contributed by atoms with E-state index in [0.29, 0.717) is 0 Å². The third-order valence-electron chi connectivity index (χ3n) is 4.91. The molecule has 0 bridgehead atoms. The summed E-state index contributed by atoms with van der Waals surface area (Å²) in [6.07, 6.45) is 8.78. The zero-order valence-corrected chi connectivity index (χ0v) is 11.9. The minimum Gasteiger partial charge on any atom is -0.481 e. The molecule has 4 nitrogen and oxygen atoms in total. The van der Waals surface area contributed by atoms with E-state index in [9.17, 15) is 9.90 Å². The molecule has 2 rings (SSSR count). The van der Waals surface area contributed by atoms with Gasteiger partial charge in [-0.3, -0.25) is 4.79 Å². The van der Waals surface area contributed by atoms with Gasteiger partial charge in [0.2, 0.25) is 0 Å². The quantitative estimate of drug-likeness (QED) is 0.640. The number of aliphatic hydroxyl groups excluding tert-OH is 1. The number of aliphatic carboxylic acids is 1. The fourth-order valence-electron chi connectivity index (χ4n) is 2.90. The van der Waals surface area contributed by atoms with E-state index in [1.807, 2.05) is 0 Å². The lowest BCUT2D eigenvalue weighted by Gasteiger charge is -2.16. The predicted molar refractivity (Wildman–Crippen MR) is 72.0 cm³/mol. The Morgan fingerprint density at radius 3 is 2.16 bits per heavy atom. The zero-order valence-electron chi connectivity index (χ0n) is 11.9. The number of methoxy groups -OCH3 is 1. The van der Waals surface area contributed by atoms with Gasteiger partial charge in [-0.15, -0.1) is 0 Å². The van der Waals surface area contributed by atoms with Crippen molar-refractivity contribution in [2.45, 2.75) is 75.9 Å². The van der Waals surface area contributed by atoms with Crippen LogP contribution in [0.3, 0.4) is 0 Å². The van der Waals surface area contributed by atoms with Crippen molar-refractivity contribution < 1.29 is 19.7 Å². The summed E-state index contributed by atoms with van der Waals surface area (Å²) in [5.41, 5.74) is -0.311. The summed E-state index contributed by atoms with van der Waals surface area (Å²) in [7, 11) is 1.77. The summed E-state index contributed by atoms with van der Waals surface area (Å²) in [6, 6.07) is 0. The highest BCUT2D eigenvalue weighted by molar-refractivity contribution is 5.77. The van der Waals surface area contributed by atoms with Crippen molar-refractivity contribution in [1.29, 1.82) is 0 Å². The van der Waals surface area contributed by atoms with Crippen LogP contribution in [-0.2, 0) is 9.53 Å². The van der Waals surface area contributed by atoms with Gasteiger partial charge in [0, 0.05) is 7.11 Å². The lowest BCUT2D eigenvalue weighted by molar-refractivity contribution is -0.143. The van der Waals surface area contributed by atoms with E-state index in [4.69, 9.17) is 9.84 Å². The van der Waals surface area contributed by atoms with Crippen LogP contribution >= 0.6 is 0 Å². The first-order valence-electron chi connectivity index (χ1n) is 7.49. The lowest BCUT2D eigenvalue weighted by Crippen LogP contribution is -2.16. The van der Waals surface area contributed by atoms with Crippen LogP contribution < -0.4 is 0 Å². The molecule has 0 heterocycles. The molecule has 1 unspecified atom stereocenters. The normalized spacial score (nSPS) is 23.9. The van der Waals surface area contributed by atoms with Crippen molar-refractivity contribution in [2.75, 3.05) is 7.11 Å². The molecule has 0 aromatic rings. The SMILES string of the molecule is COC1(CCCC(O)CCCC2(C(=O)O)CC2)CC1. The van der Waals surface area contributed by atoms with Gasteiger partial charge >= 0.3 is 5.97 Å². The van der Waals surface area contributed by atoms with E-state index < -0.39 is 11.4 Å². The number of hydrogen-bond donors (Lipinski definition) is 2. The van der Waals surface area contributed by atoms with Crippen molar-refractivity contribution in [3.63, 3.8) is 0 Å². The first-order chi connectivity index (χ1) is 9.02. The van der Waals surface area contributed by atoms with Crippen molar-refractivity contribution >= 4 is 5.97 Å². The van der Waals surface area contributed by atoms with E-state index in [2.05, 4.69) is 0 Å². The Labute approximate surface area is 115 Å². The fourth-order valence-corrected chi connectivity index (χ4v) is 2.90. The van der Waals surface area contributed by atoms with Gasteiger partial charge in [-0.05, 0) is 64.2 Å². The van der Waals surface area contributed by atoms with Gasteiger partial charge in [0.1, 0.15) is 0 Å². The van der Waals surface area contributed by atoms with Gasteiger partial charge in [-0.1, -0.05) is 0 Å². The Bertz CT molecular complexity index is 318. The average Bonchev–Trinajstić information content (AvgIpc) is 3.24. The first kappa shape index (κ1) is 14.8. The maximum atomic E-state index is 11.0. The third kappa shape index (κ3) is 3.93. The van der Waals surface area contributed by atoms with E-state index in [0.717, 1.165) is 64.2 Å². The number of ether oxygens (including phenoxy) is 1. The van der Waals surface area contributed by atoms with Crippen LogP contribution in [-0.4, -0.2) is 35.0 Å². The Kier molecular flexibility index (Phi) is 4.51. The highest BCUT2D eigenvalue weighted by Crippen LogP contribution is 2.50. The van der Waals surface area contributed by atoms with Crippen LogP contribution in [0.25, 0.3) is 0 Å². The van der Waals surface area contributed by atoms with Crippen molar-refractivity contribution in [3.05, 3.63) is 0 Å². The van der Waals surface area contributed by atoms with E-state index in [1.54, 1.807) is 7.11 Å². The second kappa shape index (κ2) is 5.80. The third-order valence-corrected chi connectivity index (χ3v) is 4.91. The molecule has 110 valence electrons. The lowest BCUT2D eigenvalue weighted by atomic mass is 9.96. The van der Waals surface area contributed by atoms with Gasteiger partial charge in [0.25, 0.3) is 0 Å². The Hall–Kier alpha value is -0.610. The Morgan fingerprint density at radius 1 is 1.16 bits per heavy atom. The van der Waals surface area contributed by atoms with Crippen molar-refractivity contribution in [1.82, 2.24) is 0 Å². The molecule has 4 heteroatoms. The molecule has 2 N–H and O–H groups in total. The second-order valence-electron chi connectivity index (χ2n) is 6.41. The molecular weight excluding hydrogens is 244 g/mol. The van der Waals surface area contributed by atoms with Gasteiger partial charge < -0.3 is 14.9 Å². The topological polar surface area (TPSA) is 66.8 Å².